The van der Waals surface area contributed by atoms with Crippen LogP contribution >= 0.6 is 0 Å². The van der Waals surface area contributed by atoms with E-state index in [1.54, 1.807) is 24.8 Å². The summed E-state index contributed by atoms with van der Waals surface area (Å²) in [7, 11) is 0. The first kappa shape index (κ1) is 11.3. The van der Waals surface area contributed by atoms with Crippen LogP contribution in [0.5, 0.6) is 0 Å². The molecule has 3 aromatic rings. The number of hydrogen-bond donors (Lipinski definition) is 0. The average Bonchev–Trinajstić information content (AvgIpc) is 2.83. The van der Waals surface area contributed by atoms with E-state index in [0.717, 1.165) is 11.1 Å². The summed E-state index contributed by atoms with van der Waals surface area (Å²) in [4.78, 5) is 18.6. The highest BCUT2D eigenvalue weighted by Gasteiger charge is 2.15. The molecule has 2 heterocycles. The second kappa shape index (κ2) is 4.49. The Hall–Kier alpha value is -2.76. The smallest absolute Gasteiger partial charge is 0.297 e. The van der Waals surface area contributed by atoms with E-state index in [0.29, 0.717) is 12.1 Å². The van der Waals surface area contributed by atoms with Crippen molar-refractivity contribution >= 4 is 16.7 Å². The third kappa shape index (κ3) is 2.03. The van der Waals surface area contributed by atoms with Gasteiger partial charge in [-0.15, -0.1) is 0 Å². The molecule has 0 atom stereocenters. The molecule has 0 aliphatic carbocycles. The molecule has 0 fully saturated rings. The molecule has 1 aromatic carbocycles. The molecule has 0 N–H and O–H groups in total. The number of nitro groups is 1. The summed E-state index contributed by atoms with van der Waals surface area (Å²) in [5.74, 6) is 0. The molecule has 0 amide bonds. The van der Waals surface area contributed by atoms with E-state index < -0.39 is 4.92 Å². The van der Waals surface area contributed by atoms with Crippen LogP contribution in [-0.2, 0) is 6.54 Å². The molecule has 0 radical (unpaired) electrons. The molecule has 0 unspecified atom stereocenters. The van der Waals surface area contributed by atoms with Crippen molar-refractivity contribution in [2.75, 3.05) is 0 Å². The van der Waals surface area contributed by atoms with Gasteiger partial charge in [0, 0.05) is 25.0 Å². The lowest BCUT2D eigenvalue weighted by atomic mass is 10.2. The normalized spacial score (nSPS) is 10.7. The zero-order valence-corrected chi connectivity index (χ0v) is 9.93. The van der Waals surface area contributed by atoms with Crippen LogP contribution < -0.4 is 0 Å². The van der Waals surface area contributed by atoms with E-state index in [1.807, 2.05) is 22.8 Å². The summed E-state index contributed by atoms with van der Waals surface area (Å²) < 4.78 is 1.89. The zero-order chi connectivity index (χ0) is 13.2. The molecule has 94 valence electrons. The van der Waals surface area contributed by atoms with Gasteiger partial charge in [-0.05, 0) is 23.8 Å². The molecule has 0 spiro atoms. The lowest BCUT2D eigenvalue weighted by Crippen LogP contribution is -1.98. The number of para-hydroxylation sites is 1. The Morgan fingerprint density at radius 1 is 1.21 bits per heavy atom. The van der Waals surface area contributed by atoms with Crippen LogP contribution in [0.3, 0.4) is 0 Å². The highest BCUT2D eigenvalue weighted by Crippen LogP contribution is 2.24. The van der Waals surface area contributed by atoms with Gasteiger partial charge >= 0.3 is 0 Å². The lowest BCUT2D eigenvalue weighted by Gasteiger charge is -2.03. The van der Waals surface area contributed by atoms with Crippen LogP contribution in [-0.4, -0.2) is 19.5 Å². The van der Waals surface area contributed by atoms with Crippen LogP contribution in [0.2, 0.25) is 0 Å². The fourth-order valence-electron chi connectivity index (χ4n) is 2.03. The largest absolute Gasteiger partial charge is 0.326 e. The Balaban J connectivity index is 2.07. The number of non-ortho nitro benzene ring substituents is 1. The maximum Gasteiger partial charge on any atom is 0.297 e. The van der Waals surface area contributed by atoms with Crippen LogP contribution in [0.1, 0.15) is 5.56 Å². The summed E-state index contributed by atoms with van der Waals surface area (Å²) >= 11 is 0. The Labute approximate surface area is 108 Å². The highest BCUT2D eigenvalue weighted by atomic mass is 16.6. The van der Waals surface area contributed by atoms with Crippen molar-refractivity contribution in [3.05, 3.63) is 64.7 Å². The second-order valence-electron chi connectivity index (χ2n) is 4.13. The quantitative estimate of drug-likeness (QED) is 0.531. The summed E-state index contributed by atoms with van der Waals surface area (Å²) in [5.41, 5.74) is 2.28. The number of pyridine rings is 1. The summed E-state index contributed by atoms with van der Waals surface area (Å²) in [6.07, 6.45) is 5.06. The van der Waals surface area contributed by atoms with Gasteiger partial charge in [0.15, 0.2) is 5.52 Å². The third-order valence-electron chi connectivity index (χ3n) is 2.93. The number of imidazole rings is 1. The van der Waals surface area contributed by atoms with Gasteiger partial charge in [0.05, 0.1) is 16.8 Å². The molecule has 0 aliphatic rings. The lowest BCUT2D eigenvalue weighted by molar-refractivity contribution is -0.383. The van der Waals surface area contributed by atoms with Gasteiger partial charge in [-0.1, -0.05) is 6.07 Å². The van der Waals surface area contributed by atoms with E-state index >= 15 is 0 Å². The number of nitro benzene ring substituents is 1. The van der Waals surface area contributed by atoms with Crippen LogP contribution in [0.25, 0.3) is 11.0 Å². The van der Waals surface area contributed by atoms with Gasteiger partial charge in [-0.25, -0.2) is 4.98 Å². The first-order chi connectivity index (χ1) is 9.25. The van der Waals surface area contributed by atoms with E-state index in [1.165, 1.54) is 6.07 Å². The van der Waals surface area contributed by atoms with Gasteiger partial charge in [-0.2, -0.15) is 0 Å². The molecule has 6 heteroatoms. The Morgan fingerprint density at radius 3 is 2.74 bits per heavy atom. The molecule has 0 bridgehead atoms. The van der Waals surface area contributed by atoms with Crippen molar-refractivity contribution in [2.45, 2.75) is 6.54 Å². The van der Waals surface area contributed by atoms with Gasteiger partial charge in [-0.3, -0.25) is 15.1 Å². The Kier molecular flexibility index (Phi) is 2.68. The van der Waals surface area contributed by atoms with Gasteiger partial charge in [0.2, 0.25) is 0 Å². The second-order valence-corrected chi connectivity index (χ2v) is 4.13. The third-order valence-corrected chi connectivity index (χ3v) is 2.93. The number of nitrogens with zero attached hydrogens (tertiary/aromatic N) is 4. The Bertz CT molecular complexity index is 737. The average molecular weight is 254 g/mol. The maximum absolute atomic E-state index is 10.9. The molecular weight excluding hydrogens is 244 g/mol. The van der Waals surface area contributed by atoms with Crippen LogP contribution in [0, 0.1) is 10.1 Å². The van der Waals surface area contributed by atoms with Crippen molar-refractivity contribution in [1.82, 2.24) is 14.5 Å². The molecule has 0 saturated carbocycles. The minimum atomic E-state index is -0.411. The molecule has 2 aromatic heterocycles. The summed E-state index contributed by atoms with van der Waals surface area (Å²) in [6.45, 7) is 0.611. The number of fused-ring (bicyclic) bond motifs is 1. The van der Waals surface area contributed by atoms with E-state index in [9.17, 15) is 10.1 Å². The summed E-state index contributed by atoms with van der Waals surface area (Å²) in [6, 6.07) is 8.78. The maximum atomic E-state index is 10.9. The van der Waals surface area contributed by atoms with E-state index in [2.05, 4.69) is 9.97 Å². The van der Waals surface area contributed by atoms with Gasteiger partial charge in [0.25, 0.3) is 5.69 Å². The van der Waals surface area contributed by atoms with Crippen molar-refractivity contribution in [2.24, 2.45) is 0 Å². The number of benzene rings is 1. The van der Waals surface area contributed by atoms with Crippen molar-refractivity contribution in [3.8, 4) is 0 Å². The van der Waals surface area contributed by atoms with Crippen LogP contribution in [0.15, 0.2) is 49.1 Å². The molecule has 0 saturated heterocycles. The molecular formula is C13H10N4O2. The van der Waals surface area contributed by atoms with Crippen molar-refractivity contribution < 1.29 is 4.92 Å². The van der Waals surface area contributed by atoms with Crippen molar-refractivity contribution in [1.29, 1.82) is 0 Å². The standard InChI is InChI=1S/C13H10N4O2/c18-17(19)12-3-1-2-11-13(12)15-9-16(11)8-10-4-6-14-7-5-10/h1-7,9H,8H2. The summed E-state index contributed by atoms with van der Waals surface area (Å²) in [5, 5.41) is 10.9. The first-order valence-electron chi connectivity index (χ1n) is 5.73. The van der Waals surface area contributed by atoms with E-state index in [4.69, 9.17) is 0 Å². The first-order valence-corrected chi connectivity index (χ1v) is 5.73. The van der Waals surface area contributed by atoms with Gasteiger partial charge < -0.3 is 4.57 Å². The Morgan fingerprint density at radius 2 is 2.00 bits per heavy atom. The zero-order valence-electron chi connectivity index (χ0n) is 9.93. The number of hydrogen-bond acceptors (Lipinski definition) is 4. The molecule has 0 aliphatic heterocycles. The highest BCUT2D eigenvalue weighted by molar-refractivity contribution is 5.84. The molecule has 19 heavy (non-hydrogen) atoms. The van der Waals surface area contributed by atoms with Crippen molar-refractivity contribution in [3.63, 3.8) is 0 Å². The fourth-order valence-corrected chi connectivity index (χ4v) is 2.03. The predicted molar refractivity (Wildman–Crippen MR) is 69.7 cm³/mol. The minimum absolute atomic E-state index is 0.0333. The number of aromatic nitrogens is 3. The monoisotopic (exact) mass is 254 g/mol. The van der Waals surface area contributed by atoms with Crippen LogP contribution in [0.4, 0.5) is 5.69 Å². The minimum Gasteiger partial charge on any atom is -0.326 e. The van der Waals surface area contributed by atoms with E-state index in [-0.39, 0.29) is 5.69 Å². The SMILES string of the molecule is O=[N+]([O-])c1cccc2c1ncn2Cc1ccncc1. The fraction of sp³-hybridized carbons (Fsp3) is 0.0769. The predicted octanol–water partition coefficient (Wildman–Crippen LogP) is 2.39. The van der Waals surface area contributed by atoms with Gasteiger partial charge in [0.1, 0.15) is 0 Å². The molecule has 6 nitrogen and oxygen atoms in total. The number of rotatable bonds is 3. The topological polar surface area (TPSA) is 73.8 Å². The molecule has 3 rings (SSSR count).